The summed E-state index contributed by atoms with van der Waals surface area (Å²) in [5, 5.41) is 2.49. The number of para-hydroxylation sites is 2. The Kier molecular flexibility index (Phi) is 8.88. The van der Waals surface area contributed by atoms with Gasteiger partial charge in [-0.3, -0.25) is 0 Å². The fourth-order valence-corrected chi connectivity index (χ4v) is 13.7. The molecular weight excluding hydrogens is 789 g/mol. The van der Waals surface area contributed by atoms with E-state index in [9.17, 15) is 8.42 Å². The van der Waals surface area contributed by atoms with Crippen LogP contribution in [0, 0.1) is 17.8 Å². The molecule has 2 bridgehead atoms. The van der Waals surface area contributed by atoms with E-state index < -0.39 is 15.3 Å². The van der Waals surface area contributed by atoms with Crippen LogP contribution in [0.2, 0.25) is 0 Å². The van der Waals surface area contributed by atoms with E-state index >= 15 is 0 Å². The highest BCUT2D eigenvalue weighted by atomic mass is 32.2. The average Bonchev–Trinajstić information content (AvgIpc) is 3.86. The minimum atomic E-state index is -3.73. The van der Waals surface area contributed by atoms with Gasteiger partial charge in [0, 0.05) is 38.9 Å². The van der Waals surface area contributed by atoms with Crippen LogP contribution in [0.1, 0.15) is 50.2 Å². The Morgan fingerprint density at radius 1 is 0.476 bits per heavy atom. The molecule has 0 unspecified atom stereocenters. The normalized spacial score (nSPS) is 20.9. The number of hydrogen-bond donors (Lipinski definition) is 0. The minimum Gasteiger partial charge on any atom is -0.310 e. The molecule has 2 saturated carbocycles. The molecule has 0 saturated heterocycles. The lowest BCUT2D eigenvalue weighted by Gasteiger charge is -2.46. The van der Waals surface area contributed by atoms with Crippen molar-refractivity contribution < 1.29 is 8.42 Å². The molecule has 4 atom stereocenters. The van der Waals surface area contributed by atoms with Crippen LogP contribution in [0.4, 0.5) is 17.1 Å². The molecule has 63 heavy (non-hydrogen) atoms. The lowest BCUT2D eigenvalue weighted by molar-refractivity contribution is 0.187. The van der Waals surface area contributed by atoms with Gasteiger partial charge in [-0.1, -0.05) is 141 Å². The lowest BCUT2D eigenvalue weighted by Crippen LogP contribution is -2.41. The Morgan fingerprint density at radius 3 is 1.67 bits per heavy atom. The second kappa shape index (κ2) is 14.7. The standard InChI is InChI=1S/C58H48N2O2S/c1-58(45-35-39-22-23-40(34-39)36-45)52-18-7-10-21-56(52)63(61,62)57-33-32-49(38-53(57)58)59(46-28-24-42(25-29-46)41-12-3-2-4-13-41)47-30-26-43(27-31-47)44-14-11-15-48(37-44)60-54-19-8-5-16-50(54)51-17-6-9-20-55(51)60/h2-21,24-33,37-40,45H,22-23,34-36H2,1H3/t39-,40+,45+,58-/m0/s1. The maximum absolute atomic E-state index is 14.6. The quantitative estimate of drug-likeness (QED) is 0.161. The Balaban J connectivity index is 0.983. The summed E-state index contributed by atoms with van der Waals surface area (Å²) in [4.78, 5) is 3.21. The van der Waals surface area contributed by atoms with Crippen LogP contribution in [0.5, 0.6) is 0 Å². The van der Waals surface area contributed by atoms with Crippen LogP contribution in [0.3, 0.4) is 0 Å². The lowest BCUT2D eigenvalue weighted by atomic mass is 9.60. The predicted octanol–water partition coefficient (Wildman–Crippen LogP) is 14.9. The van der Waals surface area contributed by atoms with Crippen LogP contribution >= 0.6 is 0 Å². The zero-order valence-corrected chi connectivity index (χ0v) is 36.2. The molecule has 0 radical (unpaired) electrons. The van der Waals surface area contributed by atoms with E-state index in [1.807, 2.05) is 36.4 Å². The molecule has 1 aliphatic heterocycles. The first-order valence-electron chi connectivity index (χ1n) is 22.5. The Labute approximate surface area is 370 Å². The summed E-state index contributed by atoms with van der Waals surface area (Å²) < 4.78 is 31.5. The number of nitrogens with zero attached hydrogens (tertiary/aromatic N) is 2. The maximum atomic E-state index is 14.6. The van der Waals surface area contributed by atoms with Gasteiger partial charge in [-0.05, 0) is 143 Å². The molecule has 0 spiro atoms. The van der Waals surface area contributed by atoms with Crippen LogP contribution in [-0.4, -0.2) is 13.0 Å². The second-order valence-corrected chi connectivity index (χ2v) is 20.2. The van der Waals surface area contributed by atoms with Crippen LogP contribution in [0.15, 0.2) is 204 Å². The second-order valence-electron chi connectivity index (χ2n) is 18.3. The van der Waals surface area contributed by atoms with Gasteiger partial charge in [-0.25, -0.2) is 8.42 Å². The first kappa shape index (κ1) is 38.0. The molecule has 8 aromatic carbocycles. The predicted molar refractivity (Wildman–Crippen MR) is 258 cm³/mol. The zero-order chi connectivity index (χ0) is 42.3. The Hall–Kier alpha value is -6.69. The summed E-state index contributed by atoms with van der Waals surface area (Å²) in [6, 6.07) is 68.1. The third kappa shape index (κ3) is 6.12. The third-order valence-electron chi connectivity index (χ3n) is 14.9. The molecular formula is C58H48N2O2S. The molecule has 2 heterocycles. The smallest absolute Gasteiger partial charge is 0.207 e. The Bertz CT molecular complexity index is 3250. The van der Waals surface area contributed by atoms with Gasteiger partial charge in [-0.2, -0.15) is 0 Å². The number of hydrogen-bond acceptors (Lipinski definition) is 3. The van der Waals surface area contributed by atoms with Crippen molar-refractivity contribution in [2.45, 2.75) is 54.2 Å². The summed E-state index contributed by atoms with van der Waals surface area (Å²) in [6.45, 7) is 2.35. The molecule has 4 nitrogen and oxygen atoms in total. The van der Waals surface area contributed by atoms with E-state index in [0.717, 1.165) is 69.0 Å². The van der Waals surface area contributed by atoms with Gasteiger partial charge in [0.15, 0.2) is 0 Å². The molecule has 12 rings (SSSR count). The number of fused-ring (bicyclic) bond motifs is 7. The highest BCUT2D eigenvalue weighted by Crippen LogP contribution is 2.58. The highest BCUT2D eigenvalue weighted by molar-refractivity contribution is 7.91. The third-order valence-corrected chi connectivity index (χ3v) is 16.8. The van der Waals surface area contributed by atoms with Crippen molar-refractivity contribution in [2.75, 3.05) is 4.90 Å². The maximum Gasteiger partial charge on any atom is 0.207 e. The van der Waals surface area contributed by atoms with Gasteiger partial charge in [-0.15, -0.1) is 0 Å². The fraction of sp³-hybridized carbons (Fsp3) is 0.172. The zero-order valence-electron chi connectivity index (χ0n) is 35.4. The van der Waals surface area contributed by atoms with Crippen molar-refractivity contribution in [3.63, 3.8) is 0 Å². The van der Waals surface area contributed by atoms with Crippen LogP contribution in [-0.2, 0) is 15.3 Å². The molecule has 1 aromatic heterocycles. The van der Waals surface area contributed by atoms with Gasteiger partial charge in [0.2, 0.25) is 9.84 Å². The van der Waals surface area contributed by atoms with Crippen molar-refractivity contribution in [1.29, 1.82) is 0 Å². The summed E-state index contributed by atoms with van der Waals surface area (Å²) in [6.07, 6.45) is 6.16. The van der Waals surface area contributed by atoms with E-state index in [2.05, 4.69) is 174 Å². The molecule has 5 heteroatoms. The summed E-state index contributed by atoms with van der Waals surface area (Å²) in [5.74, 6) is 1.78. The minimum absolute atomic E-state index is 0.352. The van der Waals surface area contributed by atoms with Crippen molar-refractivity contribution in [2.24, 2.45) is 17.8 Å². The van der Waals surface area contributed by atoms with Gasteiger partial charge >= 0.3 is 0 Å². The molecule has 0 N–H and O–H groups in total. The number of aromatic nitrogens is 1. The van der Waals surface area contributed by atoms with E-state index in [1.165, 1.54) is 41.1 Å². The fourth-order valence-electron chi connectivity index (χ4n) is 11.8. The molecule has 308 valence electrons. The molecule has 0 amide bonds. The van der Waals surface area contributed by atoms with Gasteiger partial charge < -0.3 is 9.47 Å². The van der Waals surface area contributed by atoms with Crippen LogP contribution in [0.25, 0.3) is 49.7 Å². The molecule has 3 aliphatic rings. The number of sulfone groups is 1. The summed E-state index contributed by atoms with van der Waals surface area (Å²) >= 11 is 0. The average molecular weight is 837 g/mol. The van der Waals surface area contributed by atoms with Crippen molar-refractivity contribution in [1.82, 2.24) is 4.57 Å². The number of benzene rings is 8. The first-order valence-corrected chi connectivity index (χ1v) is 24.0. The summed E-state index contributed by atoms with van der Waals surface area (Å²) in [7, 11) is -3.73. The van der Waals surface area contributed by atoms with Gasteiger partial charge in [0.05, 0.1) is 20.8 Å². The molecule has 2 aliphatic carbocycles. The SMILES string of the molecule is C[C@]1([C@H]2C[C@@H]3CC[C@@H](C3)C2)c2ccccc2S(=O)(=O)c2ccc(N(c3ccc(-c4ccccc4)cc3)c3ccc(-c4cccc(-n5c6ccccc6c6ccccc65)c4)cc3)cc21. The summed E-state index contributed by atoms with van der Waals surface area (Å²) in [5.41, 5.74) is 12.4. The molecule has 2 fully saturated rings. The van der Waals surface area contributed by atoms with E-state index in [-0.39, 0.29) is 0 Å². The van der Waals surface area contributed by atoms with Crippen molar-refractivity contribution >= 4 is 48.7 Å². The largest absolute Gasteiger partial charge is 0.310 e. The van der Waals surface area contributed by atoms with Crippen molar-refractivity contribution in [3.8, 4) is 27.9 Å². The molecule has 9 aromatic rings. The van der Waals surface area contributed by atoms with Gasteiger partial charge in [0.1, 0.15) is 0 Å². The van der Waals surface area contributed by atoms with E-state index in [1.54, 1.807) is 0 Å². The number of rotatable bonds is 7. The first-order chi connectivity index (χ1) is 30.8. The van der Waals surface area contributed by atoms with E-state index in [4.69, 9.17) is 0 Å². The van der Waals surface area contributed by atoms with Gasteiger partial charge in [0.25, 0.3) is 0 Å². The van der Waals surface area contributed by atoms with Crippen LogP contribution < -0.4 is 4.90 Å². The Morgan fingerprint density at radius 2 is 1.00 bits per heavy atom. The van der Waals surface area contributed by atoms with Crippen molar-refractivity contribution in [3.05, 3.63) is 205 Å². The monoisotopic (exact) mass is 836 g/mol. The number of anilines is 3. The highest BCUT2D eigenvalue weighted by Gasteiger charge is 2.51. The van der Waals surface area contributed by atoms with E-state index in [0.29, 0.717) is 27.5 Å². The topological polar surface area (TPSA) is 42.3 Å².